The van der Waals surface area contributed by atoms with Gasteiger partial charge in [0.1, 0.15) is 0 Å². The fraction of sp³-hybridized carbons (Fsp3) is 0.167. The van der Waals surface area contributed by atoms with Gasteiger partial charge in [-0.2, -0.15) is 0 Å². The van der Waals surface area contributed by atoms with Crippen LogP contribution in [0, 0.1) is 0 Å². The van der Waals surface area contributed by atoms with E-state index in [4.69, 9.17) is 0 Å². The first-order valence-corrected chi connectivity index (χ1v) is 7.43. The van der Waals surface area contributed by atoms with Crippen molar-refractivity contribution < 1.29 is 0 Å². The first-order valence-electron chi connectivity index (χ1n) is 7.43. The highest BCUT2D eigenvalue weighted by Crippen LogP contribution is 2.17. The van der Waals surface area contributed by atoms with Crippen molar-refractivity contribution in [2.75, 3.05) is 0 Å². The molecular weight excluding hydrogens is 286 g/mol. The third-order valence-corrected chi connectivity index (χ3v) is 3.40. The average molecular weight is 303 g/mol. The molecule has 0 radical (unpaired) electrons. The second kappa shape index (κ2) is 6.87. The highest BCUT2D eigenvalue weighted by atomic mass is 14.9. The summed E-state index contributed by atoms with van der Waals surface area (Å²) in [6.45, 7) is 3.90. The fourth-order valence-electron chi connectivity index (χ4n) is 2.19. The molecule has 0 bridgehead atoms. The van der Waals surface area contributed by atoms with Gasteiger partial charge in [0.15, 0.2) is 11.6 Å². The van der Waals surface area contributed by atoms with Gasteiger partial charge in [-0.3, -0.25) is 0 Å². The van der Waals surface area contributed by atoms with Crippen LogP contribution in [0.3, 0.4) is 0 Å². The molecule has 0 N–H and O–H groups in total. The minimum atomic E-state index is 0.688. The van der Waals surface area contributed by atoms with E-state index in [0.29, 0.717) is 11.6 Å². The van der Waals surface area contributed by atoms with Gasteiger partial charge in [0.2, 0.25) is 0 Å². The van der Waals surface area contributed by atoms with Crippen LogP contribution in [0.4, 0.5) is 11.6 Å². The summed E-state index contributed by atoms with van der Waals surface area (Å²) in [5.74, 6) is 1.38. The molecule has 0 amide bonds. The average Bonchev–Trinajstić information content (AvgIpc) is 3.07. The highest BCUT2D eigenvalue weighted by Gasteiger charge is 2.13. The Morgan fingerprint density at radius 1 is 0.870 bits per heavy atom. The Morgan fingerprint density at radius 3 is 2.04 bits per heavy atom. The van der Waals surface area contributed by atoms with Gasteiger partial charge in [0, 0.05) is 18.8 Å². The largest absolute Gasteiger partial charge is 0.250 e. The van der Waals surface area contributed by atoms with Gasteiger partial charge in [-0.25, -0.2) is 24.9 Å². The fourth-order valence-corrected chi connectivity index (χ4v) is 2.19. The molecule has 0 aliphatic carbocycles. The number of pyridine rings is 2. The molecule has 23 heavy (non-hydrogen) atoms. The second-order valence-electron chi connectivity index (χ2n) is 5.12. The van der Waals surface area contributed by atoms with E-state index in [0.717, 1.165) is 29.3 Å². The number of hydrogen-bond donors (Lipinski definition) is 0. The third-order valence-electron chi connectivity index (χ3n) is 3.40. The van der Waals surface area contributed by atoms with Gasteiger partial charge >= 0.3 is 0 Å². The van der Waals surface area contributed by atoms with E-state index in [1.807, 2.05) is 50.2 Å². The van der Waals surface area contributed by atoms with Crippen molar-refractivity contribution in [1.29, 1.82) is 0 Å². The molecule has 0 unspecified atom stereocenters. The summed E-state index contributed by atoms with van der Waals surface area (Å²) in [5, 5.41) is 0. The van der Waals surface area contributed by atoms with E-state index in [9.17, 15) is 0 Å². The molecule has 0 fully saturated rings. The second-order valence-corrected chi connectivity index (χ2v) is 5.12. The van der Waals surface area contributed by atoms with Crippen LogP contribution in [0.2, 0.25) is 0 Å². The quantitative estimate of drug-likeness (QED) is 0.798. The van der Waals surface area contributed by atoms with Crippen molar-refractivity contribution in [1.82, 2.24) is 9.97 Å². The van der Waals surface area contributed by atoms with Crippen LogP contribution >= 0.6 is 0 Å². The maximum atomic E-state index is 4.64. The van der Waals surface area contributed by atoms with Crippen LogP contribution in [0.5, 0.6) is 0 Å². The Balaban J connectivity index is 1.77. The zero-order valence-electron chi connectivity index (χ0n) is 13.1. The zero-order valence-corrected chi connectivity index (χ0v) is 13.1. The predicted molar refractivity (Wildman–Crippen MR) is 94.1 cm³/mol. The Kier molecular flexibility index (Phi) is 4.47. The first-order chi connectivity index (χ1) is 11.2. The van der Waals surface area contributed by atoms with Crippen LogP contribution in [-0.2, 0) is 0 Å². The molecule has 114 valence electrons. The van der Waals surface area contributed by atoms with E-state index >= 15 is 0 Å². The Hall–Kier alpha value is -2.95. The maximum absolute atomic E-state index is 4.64. The SMILES string of the molecule is C/C(=N/c1ccccn1)C1=NC(/C(C)=N/c2ccccn2)=CC1. The van der Waals surface area contributed by atoms with Gasteiger partial charge in [0.05, 0.1) is 22.8 Å². The molecule has 2 aromatic heterocycles. The summed E-state index contributed by atoms with van der Waals surface area (Å²) in [5.41, 5.74) is 3.55. The van der Waals surface area contributed by atoms with Crippen LogP contribution in [0.15, 0.2) is 75.5 Å². The van der Waals surface area contributed by atoms with Gasteiger partial charge in [-0.05, 0) is 38.1 Å². The van der Waals surface area contributed by atoms with Crippen LogP contribution in [0.1, 0.15) is 20.3 Å². The van der Waals surface area contributed by atoms with E-state index in [2.05, 4.69) is 31.0 Å². The minimum Gasteiger partial charge on any atom is -0.250 e. The van der Waals surface area contributed by atoms with Gasteiger partial charge < -0.3 is 0 Å². The molecule has 1 aliphatic rings. The van der Waals surface area contributed by atoms with E-state index < -0.39 is 0 Å². The Morgan fingerprint density at radius 2 is 1.48 bits per heavy atom. The lowest BCUT2D eigenvalue weighted by Gasteiger charge is -2.00. The molecule has 5 heteroatoms. The summed E-state index contributed by atoms with van der Waals surface area (Å²) in [7, 11) is 0. The molecule has 1 aliphatic heterocycles. The number of rotatable bonds is 4. The monoisotopic (exact) mass is 303 g/mol. The predicted octanol–water partition coefficient (Wildman–Crippen LogP) is 4.09. The van der Waals surface area contributed by atoms with Crippen LogP contribution < -0.4 is 0 Å². The number of allylic oxidation sites excluding steroid dienone is 2. The summed E-state index contributed by atoms with van der Waals surface area (Å²) in [6.07, 6.45) is 6.28. The van der Waals surface area contributed by atoms with Gasteiger partial charge in [-0.15, -0.1) is 0 Å². The van der Waals surface area contributed by atoms with Crippen molar-refractivity contribution >= 4 is 28.8 Å². The molecule has 5 nitrogen and oxygen atoms in total. The molecule has 2 aromatic rings. The molecule has 3 rings (SSSR count). The van der Waals surface area contributed by atoms with Crippen molar-refractivity contribution in [2.45, 2.75) is 20.3 Å². The standard InChI is InChI=1S/C18H17N5/c1-13(21-17-7-3-5-11-19-17)15-9-10-16(23-15)14(2)22-18-8-4-6-12-20-18/h3-9,11-12H,10H2,1-2H3/b21-13+,22-14-. The van der Waals surface area contributed by atoms with E-state index in [1.165, 1.54) is 0 Å². The van der Waals surface area contributed by atoms with E-state index in [1.54, 1.807) is 12.4 Å². The first kappa shape index (κ1) is 15.0. The smallest absolute Gasteiger partial charge is 0.152 e. The maximum Gasteiger partial charge on any atom is 0.152 e. The van der Waals surface area contributed by atoms with Crippen molar-refractivity contribution in [3.05, 3.63) is 60.6 Å². The summed E-state index contributed by atoms with van der Waals surface area (Å²) in [4.78, 5) is 22.1. The van der Waals surface area contributed by atoms with Crippen molar-refractivity contribution in [2.24, 2.45) is 15.0 Å². The van der Waals surface area contributed by atoms with E-state index in [-0.39, 0.29) is 0 Å². The van der Waals surface area contributed by atoms with Crippen LogP contribution in [0.25, 0.3) is 0 Å². The minimum absolute atomic E-state index is 0.688. The van der Waals surface area contributed by atoms with Gasteiger partial charge in [-0.1, -0.05) is 18.2 Å². The molecule has 0 aromatic carbocycles. The summed E-state index contributed by atoms with van der Waals surface area (Å²) in [6, 6.07) is 11.3. The summed E-state index contributed by atoms with van der Waals surface area (Å²) < 4.78 is 0. The van der Waals surface area contributed by atoms with Crippen molar-refractivity contribution in [3.8, 4) is 0 Å². The number of aliphatic imine (C=N–C) groups is 3. The zero-order chi connectivity index (χ0) is 16.1. The van der Waals surface area contributed by atoms with Gasteiger partial charge in [0.25, 0.3) is 0 Å². The molecule has 0 saturated heterocycles. The molecule has 0 saturated carbocycles. The molecule has 3 heterocycles. The van der Waals surface area contributed by atoms with Crippen LogP contribution in [-0.4, -0.2) is 27.1 Å². The lowest BCUT2D eigenvalue weighted by atomic mass is 10.2. The topological polar surface area (TPSA) is 62.9 Å². The lowest BCUT2D eigenvalue weighted by Crippen LogP contribution is -2.07. The third kappa shape index (κ3) is 3.83. The summed E-state index contributed by atoms with van der Waals surface area (Å²) >= 11 is 0. The Bertz CT molecular complexity index is 802. The Labute approximate surface area is 135 Å². The molecule has 0 atom stereocenters. The molecule has 0 spiro atoms. The number of hydrogen-bond acceptors (Lipinski definition) is 5. The number of nitrogens with zero attached hydrogens (tertiary/aromatic N) is 5. The molecular formula is C18H17N5. The van der Waals surface area contributed by atoms with Crippen molar-refractivity contribution in [3.63, 3.8) is 0 Å². The number of aromatic nitrogens is 2. The normalized spacial score (nSPS) is 15.4. The highest BCUT2D eigenvalue weighted by molar-refractivity contribution is 6.43. The lowest BCUT2D eigenvalue weighted by molar-refractivity contribution is 1.26.